The normalized spacial score (nSPS) is 12.1. The molecule has 1 aromatic rings. The lowest BCUT2D eigenvalue weighted by molar-refractivity contribution is -0.138. The summed E-state index contributed by atoms with van der Waals surface area (Å²) < 4.78 is 0. The number of benzene rings is 1. The molecule has 5 N–H and O–H groups in total. The Kier molecular flexibility index (Phi) is 5.34. The van der Waals surface area contributed by atoms with Gasteiger partial charge in [0.05, 0.1) is 5.11 Å². The first-order chi connectivity index (χ1) is 9.04. The van der Waals surface area contributed by atoms with Gasteiger partial charge >= 0.3 is 5.84 Å². The van der Waals surface area contributed by atoms with Crippen LogP contribution in [-0.4, -0.2) is 23.6 Å². The molecule has 0 aromatic heterocycles. The van der Waals surface area contributed by atoms with Gasteiger partial charge in [0, 0.05) is 18.6 Å². The highest BCUT2D eigenvalue weighted by molar-refractivity contribution is 6.35. The van der Waals surface area contributed by atoms with Crippen LogP contribution in [0.15, 0.2) is 40.7 Å². The van der Waals surface area contributed by atoms with E-state index in [9.17, 15) is 9.59 Å². The number of carbonyl (C=O) groups excluding carboxylic acids is 2. The van der Waals surface area contributed by atoms with E-state index in [4.69, 9.17) is 11.3 Å². The summed E-state index contributed by atoms with van der Waals surface area (Å²) in [7, 11) is 0. The van der Waals surface area contributed by atoms with Gasteiger partial charge < -0.3 is 5.32 Å². The molecule has 0 saturated heterocycles. The summed E-state index contributed by atoms with van der Waals surface area (Å²) in [6.45, 7) is 1.18. The van der Waals surface area contributed by atoms with E-state index < -0.39 is 17.7 Å². The maximum absolute atomic E-state index is 11.4. The maximum atomic E-state index is 11.4. The van der Waals surface area contributed by atoms with Crippen molar-refractivity contribution in [2.75, 3.05) is 0 Å². The van der Waals surface area contributed by atoms with Crippen LogP contribution in [0.25, 0.3) is 0 Å². The summed E-state index contributed by atoms with van der Waals surface area (Å²) in [4.78, 5) is 22.4. The Hall–Kier alpha value is -2.57. The number of Topliss-reactive ketones (excluding diaryl/α,β-unsaturated/α-hetero) is 1. The SMILES string of the molecule is CC(=O)C(=O)NC(Cc1ccccc1)C(=[NH2+])N=NN. The van der Waals surface area contributed by atoms with Crippen LogP contribution in [-0.2, 0) is 16.0 Å². The van der Waals surface area contributed by atoms with Crippen molar-refractivity contribution >= 4 is 17.5 Å². The molecule has 7 heteroatoms. The van der Waals surface area contributed by atoms with Crippen LogP contribution < -0.4 is 16.6 Å². The molecule has 0 radical (unpaired) electrons. The van der Waals surface area contributed by atoms with E-state index in [0.29, 0.717) is 6.42 Å². The fourth-order valence-electron chi connectivity index (χ4n) is 1.48. The number of nitrogens with zero attached hydrogens (tertiary/aromatic N) is 2. The van der Waals surface area contributed by atoms with Gasteiger partial charge in [-0.3, -0.25) is 20.8 Å². The van der Waals surface area contributed by atoms with E-state index in [1.807, 2.05) is 30.3 Å². The zero-order chi connectivity index (χ0) is 14.3. The second-order valence-corrected chi connectivity index (χ2v) is 3.91. The van der Waals surface area contributed by atoms with Crippen molar-refractivity contribution in [3.05, 3.63) is 35.9 Å². The van der Waals surface area contributed by atoms with Crippen molar-refractivity contribution in [1.82, 2.24) is 5.32 Å². The molecule has 1 aromatic carbocycles. The molecule has 0 bridgehead atoms. The molecular weight excluding hydrogens is 246 g/mol. The van der Waals surface area contributed by atoms with Crippen molar-refractivity contribution in [3.8, 4) is 0 Å². The first-order valence-corrected chi connectivity index (χ1v) is 5.63. The number of nitrogens with two attached hydrogens (primary N) is 2. The lowest BCUT2D eigenvalue weighted by Crippen LogP contribution is -2.54. The molecule has 1 amide bonds. The highest BCUT2D eigenvalue weighted by atomic mass is 16.2. The number of carbonyl (C=O) groups is 2. The number of rotatable bonds is 5. The third-order valence-corrected chi connectivity index (χ3v) is 2.44. The quantitative estimate of drug-likeness (QED) is 0.154. The van der Waals surface area contributed by atoms with E-state index in [1.54, 1.807) is 0 Å². The van der Waals surface area contributed by atoms with Crippen molar-refractivity contribution in [1.29, 1.82) is 0 Å². The predicted octanol–water partition coefficient (Wildman–Crippen LogP) is -1.21. The first-order valence-electron chi connectivity index (χ1n) is 5.63. The minimum atomic E-state index is -0.726. The van der Waals surface area contributed by atoms with Gasteiger partial charge in [-0.2, -0.15) is 0 Å². The first kappa shape index (κ1) is 14.5. The fraction of sp³-hybridized carbons (Fsp3) is 0.250. The molecule has 100 valence electrons. The summed E-state index contributed by atoms with van der Waals surface area (Å²) in [5.41, 5.74) is 0.937. The third-order valence-electron chi connectivity index (χ3n) is 2.44. The van der Waals surface area contributed by atoms with Crippen molar-refractivity contribution in [3.63, 3.8) is 0 Å². The van der Waals surface area contributed by atoms with Crippen molar-refractivity contribution in [2.45, 2.75) is 19.4 Å². The molecule has 0 spiro atoms. The van der Waals surface area contributed by atoms with E-state index in [2.05, 4.69) is 15.7 Å². The Labute approximate surface area is 110 Å². The van der Waals surface area contributed by atoms with Crippen LogP contribution in [0.4, 0.5) is 0 Å². The summed E-state index contributed by atoms with van der Waals surface area (Å²) in [6.07, 6.45) is 0.394. The van der Waals surface area contributed by atoms with Crippen LogP contribution in [0, 0.1) is 0 Å². The second-order valence-electron chi connectivity index (χ2n) is 3.91. The number of hydrogen-bond acceptors (Lipinski definition) is 3. The average Bonchev–Trinajstić information content (AvgIpc) is 2.39. The van der Waals surface area contributed by atoms with Gasteiger partial charge in [-0.15, -0.1) is 0 Å². The number of amides is 1. The molecule has 1 unspecified atom stereocenters. The molecule has 1 rings (SSSR count). The number of ketones is 1. The van der Waals surface area contributed by atoms with Gasteiger partial charge in [-0.05, 0) is 5.56 Å². The summed E-state index contributed by atoms with van der Waals surface area (Å²) in [5.74, 6) is 3.64. The molecule has 7 nitrogen and oxygen atoms in total. The molecular formula is C12H16N5O2+. The monoisotopic (exact) mass is 262 g/mol. The molecule has 0 aliphatic heterocycles. The highest BCUT2D eigenvalue weighted by Gasteiger charge is 2.25. The molecule has 19 heavy (non-hydrogen) atoms. The molecule has 0 saturated carbocycles. The van der Waals surface area contributed by atoms with Crippen molar-refractivity contribution < 1.29 is 15.0 Å². The molecule has 1 atom stereocenters. The van der Waals surface area contributed by atoms with E-state index in [-0.39, 0.29) is 5.84 Å². The van der Waals surface area contributed by atoms with Gasteiger partial charge in [0.2, 0.25) is 5.78 Å². The Bertz CT molecular complexity index is 498. The average molecular weight is 262 g/mol. The Morgan fingerprint density at radius 1 is 1.37 bits per heavy atom. The van der Waals surface area contributed by atoms with Crippen molar-refractivity contribution in [2.24, 2.45) is 16.2 Å². The van der Waals surface area contributed by atoms with Gasteiger partial charge in [0.15, 0.2) is 0 Å². The van der Waals surface area contributed by atoms with Crippen LogP contribution in [0.2, 0.25) is 0 Å². The zero-order valence-corrected chi connectivity index (χ0v) is 10.5. The molecule has 0 aliphatic rings. The molecule has 0 fully saturated rings. The largest absolute Gasteiger partial charge is 0.342 e. The second kappa shape index (κ2) is 7.00. The summed E-state index contributed by atoms with van der Waals surface area (Å²) >= 11 is 0. The Balaban J connectivity index is 2.83. The van der Waals surface area contributed by atoms with Gasteiger partial charge in [0.1, 0.15) is 6.04 Å². The van der Waals surface area contributed by atoms with Crippen LogP contribution in [0.5, 0.6) is 0 Å². The third kappa shape index (κ3) is 4.66. The minimum absolute atomic E-state index is 0.0425. The number of amidine groups is 1. The predicted molar refractivity (Wildman–Crippen MR) is 68.7 cm³/mol. The summed E-state index contributed by atoms with van der Waals surface area (Å²) in [5, 5.41) is 14.7. The smallest absolute Gasteiger partial charge is 0.335 e. The number of hydrogen-bond donors (Lipinski definition) is 3. The maximum Gasteiger partial charge on any atom is 0.342 e. The Morgan fingerprint density at radius 3 is 2.53 bits per heavy atom. The zero-order valence-electron chi connectivity index (χ0n) is 10.5. The van der Waals surface area contributed by atoms with Crippen LogP contribution >= 0.6 is 0 Å². The standard InChI is InChI=1S/C12H15N5O2/c1-8(18)12(19)15-10(11(13)16-17-14)7-9-5-3-2-4-6-9/h2-6,10H,7H2,1H3,(H,15,19)(H3,13,14,16)/p+1. The van der Waals surface area contributed by atoms with Gasteiger partial charge in [-0.25, -0.2) is 0 Å². The van der Waals surface area contributed by atoms with Crippen LogP contribution in [0.1, 0.15) is 12.5 Å². The van der Waals surface area contributed by atoms with E-state index in [1.165, 1.54) is 6.92 Å². The number of nitrogens with one attached hydrogen (secondary N) is 1. The molecule has 0 heterocycles. The Morgan fingerprint density at radius 2 is 2.00 bits per heavy atom. The topological polar surface area (TPSA) is 122 Å². The van der Waals surface area contributed by atoms with E-state index >= 15 is 0 Å². The lowest BCUT2D eigenvalue weighted by atomic mass is 10.1. The van der Waals surface area contributed by atoms with E-state index in [0.717, 1.165) is 5.56 Å². The summed E-state index contributed by atoms with van der Waals surface area (Å²) in [6, 6.07) is 8.71. The van der Waals surface area contributed by atoms with Crippen LogP contribution in [0.3, 0.4) is 0 Å². The minimum Gasteiger partial charge on any atom is -0.335 e. The lowest BCUT2D eigenvalue weighted by Gasteiger charge is -2.12. The highest BCUT2D eigenvalue weighted by Crippen LogP contribution is 2.04. The fourth-order valence-corrected chi connectivity index (χ4v) is 1.48. The van der Waals surface area contributed by atoms with Gasteiger partial charge in [-0.1, -0.05) is 30.3 Å². The molecule has 0 aliphatic carbocycles. The van der Waals surface area contributed by atoms with Gasteiger partial charge in [0.25, 0.3) is 5.91 Å².